The van der Waals surface area contributed by atoms with Crippen LogP contribution in [0.4, 0.5) is 33.3 Å². The molecule has 3 aromatic carbocycles. The van der Waals surface area contributed by atoms with E-state index in [4.69, 9.17) is 4.74 Å². The van der Waals surface area contributed by atoms with Gasteiger partial charge in [-0.2, -0.15) is 10.1 Å². The molecule has 0 saturated carbocycles. The first-order valence-corrected chi connectivity index (χ1v) is 10.2. The zero-order valence-corrected chi connectivity index (χ0v) is 18.3. The van der Waals surface area contributed by atoms with Crippen LogP contribution in [-0.2, 0) is 11.4 Å². The molecule has 0 saturated heterocycles. The van der Waals surface area contributed by atoms with E-state index in [0.29, 0.717) is 16.9 Å². The molecule has 1 aliphatic rings. The van der Waals surface area contributed by atoms with Gasteiger partial charge in [0.05, 0.1) is 16.2 Å². The molecule has 1 heterocycles. The number of hydrazone groups is 1. The Morgan fingerprint density at radius 3 is 2.14 bits per heavy atom. The van der Waals surface area contributed by atoms with E-state index >= 15 is 0 Å². The maximum absolute atomic E-state index is 14.2. The summed E-state index contributed by atoms with van der Waals surface area (Å²) in [6, 6.07) is 12.1. The summed E-state index contributed by atoms with van der Waals surface area (Å²) < 4.78 is 74.9. The Hall–Kier alpha value is -4.61. The molecule has 0 unspecified atom stereocenters. The van der Waals surface area contributed by atoms with Crippen LogP contribution in [0.3, 0.4) is 0 Å². The summed E-state index contributed by atoms with van der Waals surface area (Å²) in [5.74, 6) is -12.0. The quantitative estimate of drug-likeness (QED) is 0.108. The lowest BCUT2D eigenvalue weighted by atomic mass is 10.1. The normalized spacial score (nSPS) is 14.4. The van der Waals surface area contributed by atoms with Gasteiger partial charge in [0, 0.05) is 17.7 Å². The summed E-state index contributed by atoms with van der Waals surface area (Å²) in [7, 11) is 0. The number of hydrogen-bond acceptors (Lipinski definition) is 5. The maximum Gasteiger partial charge on any atom is 0.280 e. The second-order valence-corrected chi connectivity index (χ2v) is 7.53. The van der Waals surface area contributed by atoms with E-state index in [1.807, 2.05) is 0 Å². The Labute approximate surface area is 199 Å². The monoisotopic (exact) mass is 503 g/mol. The summed E-state index contributed by atoms with van der Waals surface area (Å²) in [4.78, 5) is 23.1. The van der Waals surface area contributed by atoms with E-state index in [-0.39, 0.29) is 28.6 Å². The fraction of sp³-hybridized carbons (Fsp3) is 0.0833. The van der Waals surface area contributed by atoms with Gasteiger partial charge < -0.3 is 4.74 Å². The molecular weight excluding hydrogens is 489 g/mol. The molecule has 3 aromatic rings. The highest BCUT2D eigenvalue weighted by Crippen LogP contribution is 2.34. The van der Waals surface area contributed by atoms with Gasteiger partial charge in [-0.25, -0.2) is 22.0 Å². The van der Waals surface area contributed by atoms with Crippen molar-refractivity contribution in [2.75, 3.05) is 5.01 Å². The van der Waals surface area contributed by atoms with Crippen molar-refractivity contribution in [2.24, 2.45) is 5.10 Å². The molecule has 1 aliphatic heterocycles. The lowest BCUT2D eigenvalue weighted by molar-refractivity contribution is -0.384. The molecule has 0 aromatic heterocycles. The van der Waals surface area contributed by atoms with Gasteiger partial charge in [-0.15, -0.1) is 0 Å². The highest BCUT2D eigenvalue weighted by Gasteiger charge is 2.37. The average molecular weight is 503 g/mol. The van der Waals surface area contributed by atoms with Crippen molar-refractivity contribution in [1.82, 2.24) is 0 Å². The van der Waals surface area contributed by atoms with Gasteiger partial charge in [0.25, 0.3) is 11.6 Å². The number of carbonyl (C=O) groups is 1. The minimum Gasteiger partial charge on any atom is -0.488 e. The number of carbonyl (C=O) groups excluding carboxylic acids is 1. The Morgan fingerprint density at radius 2 is 1.53 bits per heavy atom. The molecule has 7 nitrogen and oxygen atoms in total. The van der Waals surface area contributed by atoms with Crippen LogP contribution in [0.5, 0.6) is 5.75 Å². The van der Waals surface area contributed by atoms with Crippen LogP contribution in [0.25, 0.3) is 6.08 Å². The Balaban J connectivity index is 1.62. The van der Waals surface area contributed by atoms with E-state index in [1.165, 1.54) is 37.3 Å². The van der Waals surface area contributed by atoms with Crippen LogP contribution in [0.1, 0.15) is 18.1 Å². The first-order chi connectivity index (χ1) is 17.1. The van der Waals surface area contributed by atoms with E-state index in [1.54, 1.807) is 24.3 Å². The van der Waals surface area contributed by atoms with E-state index in [0.717, 1.165) is 0 Å². The number of non-ortho nitro benzene ring substituents is 1. The molecule has 1 amide bonds. The number of ether oxygens (including phenoxy) is 1. The highest BCUT2D eigenvalue weighted by molar-refractivity contribution is 6.32. The predicted octanol–water partition coefficient (Wildman–Crippen LogP) is 5.68. The number of amides is 1. The van der Waals surface area contributed by atoms with Crippen LogP contribution in [0.15, 0.2) is 59.2 Å². The molecule has 0 atom stereocenters. The van der Waals surface area contributed by atoms with E-state index < -0.39 is 45.6 Å². The SMILES string of the molecule is CC1=NN(c2c(F)c(F)c(F)c(F)c2F)C(=O)/C1=C/c1ccccc1OCc1ccc([N+](=O)[O-])cc1. The molecule has 184 valence electrons. The Kier molecular flexibility index (Phi) is 6.51. The average Bonchev–Trinajstić information content (AvgIpc) is 3.14. The molecule has 12 heteroatoms. The molecule has 0 fully saturated rings. The number of nitro benzene ring substituents is 1. The third-order valence-corrected chi connectivity index (χ3v) is 5.22. The van der Waals surface area contributed by atoms with Crippen LogP contribution in [0.2, 0.25) is 0 Å². The van der Waals surface area contributed by atoms with Crippen LogP contribution in [-0.4, -0.2) is 16.5 Å². The minimum atomic E-state index is -2.35. The van der Waals surface area contributed by atoms with Crippen molar-refractivity contribution >= 4 is 29.1 Å². The van der Waals surface area contributed by atoms with E-state index in [2.05, 4.69) is 5.10 Å². The number of nitro groups is 1. The topological polar surface area (TPSA) is 85.0 Å². The van der Waals surface area contributed by atoms with Gasteiger partial charge in [0.2, 0.25) is 5.82 Å². The highest BCUT2D eigenvalue weighted by atomic mass is 19.2. The van der Waals surface area contributed by atoms with Crippen molar-refractivity contribution in [1.29, 1.82) is 0 Å². The molecule has 0 N–H and O–H groups in total. The first-order valence-electron chi connectivity index (χ1n) is 10.2. The Bertz CT molecular complexity index is 1430. The molecule has 4 rings (SSSR count). The number of halogens is 5. The van der Waals surface area contributed by atoms with Gasteiger partial charge in [-0.1, -0.05) is 18.2 Å². The smallest absolute Gasteiger partial charge is 0.280 e. The van der Waals surface area contributed by atoms with Crippen LogP contribution < -0.4 is 9.75 Å². The summed E-state index contributed by atoms with van der Waals surface area (Å²) in [5.41, 5.74) is -0.787. The number of rotatable bonds is 6. The van der Waals surface area contributed by atoms with E-state index in [9.17, 15) is 36.9 Å². The maximum atomic E-state index is 14.2. The largest absolute Gasteiger partial charge is 0.488 e. The number of benzene rings is 3. The second-order valence-electron chi connectivity index (χ2n) is 7.53. The predicted molar refractivity (Wildman–Crippen MR) is 119 cm³/mol. The van der Waals surface area contributed by atoms with Gasteiger partial charge >= 0.3 is 0 Å². The fourth-order valence-corrected chi connectivity index (χ4v) is 3.38. The summed E-state index contributed by atoms with van der Waals surface area (Å²) >= 11 is 0. The standard InChI is InChI=1S/C24H14F5N3O4/c1-12-16(24(33)31(30-12)23-21(28)19(26)18(25)20(27)22(23)29)10-14-4-2-3-5-17(14)36-11-13-6-8-15(9-7-13)32(34)35/h2-10H,11H2,1H3/b16-10+. The zero-order chi connectivity index (χ0) is 26.1. The number of para-hydroxylation sites is 1. The van der Waals surface area contributed by atoms with Crippen molar-refractivity contribution in [3.63, 3.8) is 0 Å². The van der Waals surface area contributed by atoms with Gasteiger partial charge in [0.15, 0.2) is 23.3 Å². The third kappa shape index (κ3) is 4.40. The van der Waals surface area contributed by atoms with Crippen molar-refractivity contribution in [3.8, 4) is 5.75 Å². The summed E-state index contributed by atoms with van der Waals surface area (Å²) in [6.07, 6.45) is 1.30. The molecule has 0 bridgehead atoms. The Morgan fingerprint density at radius 1 is 0.944 bits per heavy atom. The lowest BCUT2D eigenvalue weighted by Crippen LogP contribution is -2.25. The molecule has 0 radical (unpaired) electrons. The summed E-state index contributed by atoms with van der Waals surface area (Å²) in [5, 5.41) is 14.6. The first kappa shape index (κ1) is 24.5. The summed E-state index contributed by atoms with van der Waals surface area (Å²) in [6.45, 7) is 1.35. The number of hydrogen-bond donors (Lipinski definition) is 0. The number of nitrogens with zero attached hydrogens (tertiary/aromatic N) is 3. The molecule has 0 spiro atoms. The zero-order valence-electron chi connectivity index (χ0n) is 18.3. The van der Waals surface area contributed by atoms with Crippen molar-refractivity contribution < 1.29 is 36.4 Å². The van der Waals surface area contributed by atoms with Crippen molar-refractivity contribution in [3.05, 3.63) is 104 Å². The molecular formula is C24H14F5N3O4. The second kappa shape index (κ2) is 9.56. The van der Waals surface area contributed by atoms with Gasteiger partial charge in [-0.3, -0.25) is 14.9 Å². The fourth-order valence-electron chi connectivity index (χ4n) is 3.38. The van der Waals surface area contributed by atoms with Crippen LogP contribution >= 0.6 is 0 Å². The lowest BCUT2D eigenvalue weighted by Gasteiger charge is -2.15. The van der Waals surface area contributed by atoms with Crippen LogP contribution in [0, 0.1) is 39.2 Å². The molecule has 36 heavy (non-hydrogen) atoms. The number of anilines is 1. The van der Waals surface area contributed by atoms with Gasteiger partial charge in [-0.05, 0) is 36.8 Å². The minimum absolute atomic E-state index is 0.0237. The van der Waals surface area contributed by atoms with Gasteiger partial charge in [0.1, 0.15) is 18.0 Å². The molecule has 0 aliphatic carbocycles. The van der Waals surface area contributed by atoms with Crippen molar-refractivity contribution in [2.45, 2.75) is 13.5 Å². The third-order valence-electron chi connectivity index (χ3n) is 5.22.